The Morgan fingerprint density at radius 3 is 2.89 bits per heavy atom. The molecular weight excluding hydrogens is 231 g/mol. The molecule has 3 heteroatoms. The third kappa shape index (κ3) is 3.09. The number of halogens is 1. The first-order valence-corrected chi connectivity index (χ1v) is 6.64. The summed E-state index contributed by atoms with van der Waals surface area (Å²) in [5.41, 5.74) is 0.918. The zero-order chi connectivity index (χ0) is 13.0. The second-order valence-electron chi connectivity index (χ2n) is 4.87. The lowest BCUT2D eigenvalue weighted by Crippen LogP contribution is -2.00. The molecule has 98 valence electrons. The van der Waals surface area contributed by atoms with E-state index in [1.54, 1.807) is 6.07 Å². The van der Waals surface area contributed by atoms with Crippen molar-refractivity contribution in [2.45, 2.75) is 44.9 Å². The predicted octanol–water partition coefficient (Wildman–Crippen LogP) is 3.84. The summed E-state index contributed by atoms with van der Waals surface area (Å²) >= 11 is 0. The first-order chi connectivity index (χ1) is 8.70. The maximum atomic E-state index is 13.8. The molecule has 1 aliphatic rings. The fraction of sp³-hybridized carbons (Fsp3) is 0.533. The molecule has 1 unspecified atom stereocenters. The molecular formula is C15H19FO2. The lowest BCUT2D eigenvalue weighted by atomic mass is 9.97. The van der Waals surface area contributed by atoms with Crippen LogP contribution in [-0.4, -0.2) is 12.4 Å². The molecule has 0 spiro atoms. The van der Waals surface area contributed by atoms with E-state index >= 15 is 0 Å². The SMILES string of the molecule is CCCCOc1ccc(C2CCC(=O)C2)cc1F. The zero-order valence-electron chi connectivity index (χ0n) is 10.7. The zero-order valence-corrected chi connectivity index (χ0v) is 10.7. The van der Waals surface area contributed by atoms with E-state index in [2.05, 4.69) is 6.92 Å². The molecule has 18 heavy (non-hydrogen) atoms. The first kappa shape index (κ1) is 13.1. The van der Waals surface area contributed by atoms with Crippen molar-refractivity contribution in [2.75, 3.05) is 6.61 Å². The monoisotopic (exact) mass is 250 g/mol. The van der Waals surface area contributed by atoms with Gasteiger partial charge in [0, 0.05) is 12.8 Å². The first-order valence-electron chi connectivity index (χ1n) is 6.64. The largest absolute Gasteiger partial charge is 0.491 e. The van der Waals surface area contributed by atoms with E-state index in [1.807, 2.05) is 6.07 Å². The van der Waals surface area contributed by atoms with E-state index in [-0.39, 0.29) is 17.5 Å². The molecule has 1 aromatic carbocycles. The number of carbonyl (C=O) groups is 1. The lowest BCUT2D eigenvalue weighted by Gasteiger charge is -2.11. The Kier molecular flexibility index (Phi) is 4.34. The summed E-state index contributed by atoms with van der Waals surface area (Å²) in [5.74, 6) is 0.472. The van der Waals surface area contributed by atoms with Crippen molar-refractivity contribution in [3.63, 3.8) is 0 Å². The van der Waals surface area contributed by atoms with E-state index in [9.17, 15) is 9.18 Å². The minimum absolute atomic E-state index is 0.191. The van der Waals surface area contributed by atoms with Gasteiger partial charge in [-0.3, -0.25) is 4.79 Å². The number of carbonyl (C=O) groups excluding carboxylic acids is 1. The Morgan fingerprint density at radius 2 is 2.28 bits per heavy atom. The number of rotatable bonds is 5. The number of benzene rings is 1. The van der Waals surface area contributed by atoms with Gasteiger partial charge in [0.1, 0.15) is 5.78 Å². The van der Waals surface area contributed by atoms with E-state index in [0.29, 0.717) is 25.2 Å². The van der Waals surface area contributed by atoms with Crippen LogP contribution in [0.1, 0.15) is 50.5 Å². The molecule has 0 amide bonds. The van der Waals surface area contributed by atoms with E-state index in [4.69, 9.17) is 4.74 Å². The van der Waals surface area contributed by atoms with Crippen molar-refractivity contribution >= 4 is 5.78 Å². The Bertz CT molecular complexity index is 429. The van der Waals surface area contributed by atoms with Gasteiger partial charge in [-0.15, -0.1) is 0 Å². The highest BCUT2D eigenvalue weighted by molar-refractivity contribution is 5.81. The molecule has 0 aromatic heterocycles. The van der Waals surface area contributed by atoms with Gasteiger partial charge in [-0.25, -0.2) is 4.39 Å². The van der Waals surface area contributed by atoms with Crippen LogP contribution in [0.3, 0.4) is 0 Å². The third-order valence-electron chi connectivity index (χ3n) is 3.43. The molecule has 0 heterocycles. The predicted molar refractivity (Wildman–Crippen MR) is 68.4 cm³/mol. The normalized spacial score (nSPS) is 19.2. The molecule has 0 N–H and O–H groups in total. The van der Waals surface area contributed by atoms with Crippen LogP contribution in [0.15, 0.2) is 18.2 Å². The van der Waals surface area contributed by atoms with Gasteiger partial charge in [0.25, 0.3) is 0 Å². The summed E-state index contributed by atoms with van der Waals surface area (Å²) in [7, 11) is 0. The quantitative estimate of drug-likeness (QED) is 0.742. The molecule has 0 radical (unpaired) electrons. The van der Waals surface area contributed by atoms with Gasteiger partial charge in [-0.05, 0) is 36.5 Å². The average Bonchev–Trinajstić information content (AvgIpc) is 2.78. The summed E-state index contributed by atoms with van der Waals surface area (Å²) in [5, 5.41) is 0. The second kappa shape index (κ2) is 5.98. The summed E-state index contributed by atoms with van der Waals surface area (Å²) in [4.78, 5) is 11.2. The van der Waals surface area contributed by atoms with Crippen LogP contribution in [-0.2, 0) is 4.79 Å². The van der Waals surface area contributed by atoms with Gasteiger partial charge in [0.15, 0.2) is 11.6 Å². The number of Topliss-reactive ketones (excluding diaryl/α,β-unsaturated/α-hetero) is 1. The number of hydrogen-bond acceptors (Lipinski definition) is 2. The van der Waals surface area contributed by atoms with Crippen LogP contribution in [0.25, 0.3) is 0 Å². The maximum Gasteiger partial charge on any atom is 0.165 e. The van der Waals surface area contributed by atoms with Gasteiger partial charge in [-0.1, -0.05) is 19.4 Å². The van der Waals surface area contributed by atoms with Crippen molar-refractivity contribution < 1.29 is 13.9 Å². The summed E-state index contributed by atoms with van der Waals surface area (Å²) in [6.45, 7) is 2.62. The summed E-state index contributed by atoms with van der Waals surface area (Å²) < 4.78 is 19.2. The van der Waals surface area contributed by atoms with E-state index < -0.39 is 0 Å². The minimum atomic E-state index is -0.317. The van der Waals surface area contributed by atoms with Crippen LogP contribution in [0, 0.1) is 5.82 Å². The van der Waals surface area contributed by atoms with Crippen molar-refractivity contribution in [2.24, 2.45) is 0 Å². The van der Waals surface area contributed by atoms with E-state index in [0.717, 1.165) is 24.8 Å². The maximum absolute atomic E-state index is 13.8. The summed E-state index contributed by atoms with van der Waals surface area (Å²) in [6.07, 6.45) is 3.98. The number of hydrogen-bond donors (Lipinski definition) is 0. The Balaban J connectivity index is 2.02. The molecule has 1 atom stereocenters. The number of ketones is 1. The molecule has 2 rings (SSSR count). The third-order valence-corrected chi connectivity index (χ3v) is 3.43. The van der Waals surface area contributed by atoms with Gasteiger partial charge in [0.05, 0.1) is 6.61 Å². The fourth-order valence-electron chi connectivity index (χ4n) is 2.31. The standard InChI is InChI=1S/C15H19FO2/c1-2-3-8-18-15-7-5-12(10-14(15)16)11-4-6-13(17)9-11/h5,7,10-11H,2-4,6,8-9H2,1H3. The van der Waals surface area contributed by atoms with Gasteiger partial charge < -0.3 is 4.74 Å². The van der Waals surface area contributed by atoms with Crippen molar-refractivity contribution in [3.05, 3.63) is 29.6 Å². The van der Waals surface area contributed by atoms with Crippen LogP contribution in [0.4, 0.5) is 4.39 Å². The highest BCUT2D eigenvalue weighted by Crippen LogP contribution is 2.33. The van der Waals surface area contributed by atoms with Gasteiger partial charge in [-0.2, -0.15) is 0 Å². The van der Waals surface area contributed by atoms with Crippen LogP contribution < -0.4 is 4.74 Å². The molecule has 1 fully saturated rings. The molecule has 0 bridgehead atoms. The second-order valence-corrected chi connectivity index (χ2v) is 4.87. The van der Waals surface area contributed by atoms with E-state index in [1.165, 1.54) is 6.07 Å². The van der Waals surface area contributed by atoms with Gasteiger partial charge in [0.2, 0.25) is 0 Å². The molecule has 0 saturated heterocycles. The number of ether oxygens (including phenoxy) is 1. The van der Waals surface area contributed by atoms with Crippen LogP contribution in [0.5, 0.6) is 5.75 Å². The average molecular weight is 250 g/mol. The molecule has 1 aliphatic carbocycles. The topological polar surface area (TPSA) is 26.3 Å². The Hall–Kier alpha value is -1.38. The summed E-state index contributed by atoms with van der Waals surface area (Å²) in [6, 6.07) is 5.08. The molecule has 2 nitrogen and oxygen atoms in total. The highest BCUT2D eigenvalue weighted by Gasteiger charge is 2.24. The molecule has 1 aromatic rings. The Labute approximate surface area is 107 Å². The Morgan fingerprint density at radius 1 is 1.44 bits per heavy atom. The van der Waals surface area contributed by atoms with Crippen molar-refractivity contribution in [1.82, 2.24) is 0 Å². The smallest absolute Gasteiger partial charge is 0.165 e. The highest BCUT2D eigenvalue weighted by atomic mass is 19.1. The van der Waals surface area contributed by atoms with Crippen molar-refractivity contribution in [1.29, 1.82) is 0 Å². The van der Waals surface area contributed by atoms with Gasteiger partial charge >= 0.3 is 0 Å². The minimum Gasteiger partial charge on any atom is -0.491 e. The van der Waals surface area contributed by atoms with Crippen molar-refractivity contribution in [3.8, 4) is 5.75 Å². The molecule has 1 saturated carbocycles. The van der Waals surface area contributed by atoms with Crippen LogP contribution in [0.2, 0.25) is 0 Å². The van der Waals surface area contributed by atoms with Crippen LogP contribution >= 0.6 is 0 Å². The number of unbranched alkanes of at least 4 members (excludes halogenated alkanes) is 1. The lowest BCUT2D eigenvalue weighted by molar-refractivity contribution is -0.117. The molecule has 0 aliphatic heterocycles. The fourth-order valence-corrected chi connectivity index (χ4v) is 2.31.